The lowest BCUT2D eigenvalue weighted by Gasteiger charge is -2.31. The number of carbonyl (C=O) groups excluding carboxylic acids is 1. The first kappa shape index (κ1) is 13.1. The molecule has 6 nitrogen and oxygen atoms in total. The molecule has 0 unspecified atom stereocenters. The molecule has 0 aromatic rings. The van der Waals surface area contributed by atoms with Crippen LogP contribution in [-0.2, 0) is 9.53 Å². The van der Waals surface area contributed by atoms with Crippen LogP contribution in [0.2, 0.25) is 0 Å². The molecule has 0 aromatic heterocycles. The second-order valence-corrected chi connectivity index (χ2v) is 6.33. The Labute approximate surface area is 124 Å². The van der Waals surface area contributed by atoms with Crippen molar-refractivity contribution in [2.24, 2.45) is 32.8 Å². The van der Waals surface area contributed by atoms with Crippen molar-refractivity contribution < 1.29 is 9.53 Å². The highest BCUT2D eigenvalue weighted by atomic mass is 16.5. The van der Waals surface area contributed by atoms with E-state index in [-0.39, 0.29) is 17.7 Å². The van der Waals surface area contributed by atoms with Crippen LogP contribution in [0.4, 0.5) is 0 Å². The summed E-state index contributed by atoms with van der Waals surface area (Å²) in [6.45, 7) is 3.63. The van der Waals surface area contributed by atoms with Gasteiger partial charge < -0.3 is 4.74 Å². The van der Waals surface area contributed by atoms with Crippen molar-refractivity contribution in [1.82, 2.24) is 5.01 Å². The summed E-state index contributed by atoms with van der Waals surface area (Å²) in [5, 5.41) is 6.38. The smallest absolute Gasteiger partial charge is 0.263 e. The molecule has 21 heavy (non-hydrogen) atoms. The van der Waals surface area contributed by atoms with Crippen LogP contribution in [-0.4, -0.2) is 48.1 Å². The number of fused-ring (bicyclic) bond motifs is 1. The van der Waals surface area contributed by atoms with Crippen LogP contribution >= 0.6 is 0 Å². The summed E-state index contributed by atoms with van der Waals surface area (Å²) in [6.07, 6.45) is 6.01. The minimum absolute atomic E-state index is 0.110. The maximum Gasteiger partial charge on any atom is 0.263 e. The molecular formula is C15H20N4O2. The first-order valence-electron chi connectivity index (χ1n) is 7.86. The lowest BCUT2D eigenvalue weighted by atomic mass is 10.0. The summed E-state index contributed by atoms with van der Waals surface area (Å²) in [5.74, 6) is 1.93. The third kappa shape index (κ3) is 2.31. The van der Waals surface area contributed by atoms with Crippen LogP contribution in [0.1, 0.15) is 32.6 Å². The quantitative estimate of drug-likeness (QED) is 0.789. The van der Waals surface area contributed by atoms with E-state index in [1.54, 1.807) is 6.21 Å². The Morgan fingerprint density at radius 2 is 2.00 bits per heavy atom. The number of amides is 1. The minimum atomic E-state index is -0.372. The minimum Gasteiger partial charge on any atom is -0.381 e. The van der Waals surface area contributed by atoms with Gasteiger partial charge in [-0.1, -0.05) is 6.92 Å². The predicted octanol–water partition coefficient (Wildman–Crippen LogP) is 1.47. The molecule has 0 aromatic carbocycles. The molecule has 1 saturated carbocycles. The van der Waals surface area contributed by atoms with Crippen molar-refractivity contribution in [3.63, 3.8) is 0 Å². The molecule has 4 rings (SSSR count). The van der Waals surface area contributed by atoms with Gasteiger partial charge in [-0.2, -0.15) is 10.1 Å². The number of hydrogen-bond donors (Lipinski definition) is 0. The Bertz CT molecular complexity index is 544. The van der Waals surface area contributed by atoms with Crippen molar-refractivity contribution >= 4 is 23.8 Å². The molecule has 0 N–H and O–H groups in total. The van der Waals surface area contributed by atoms with Gasteiger partial charge in [-0.3, -0.25) is 4.79 Å². The van der Waals surface area contributed by atoms with Crippen LogP contribution in [0, 0.1) is 17.8 Å². The zero-order valence-corrected chi connectivity index (χ0v) is 12.2. The molecule has 3 heterocycles. The number of ether oxygens (including phenoxy) is 1. The van der Waals surface area contributed by atoms with Crippen molar-refractivity contribution in [3.05, 3.63) is 0 Å². The first-order chi connectivity index (χ1) is 10.2. The van der Waals surface area contributed by atoms with Crippen LogP contribution in [0.5, 0.6) is 0 Å². The normalized spacial score (nSPS) is 31.0. The number of hydrazone groups is 1. The lowest BCUT2D eigenvalue weighted by molar-refractivity contribution is -0.118. The maximum atomic E-state index is 12.3. The maximum absolute atomic E-state index is 12.3. The molecule has 2 atom stereocenters. The fourth-order valence-electron chi connectivity index (χ4n) is 3.25. The van der Waals surface area contributed by atoms with E-state index in [2.05, 4.69) is 17.0 Å². The fraction of sp³-hybridized carbons (Fsp3) is 0.733. The summed E-state index contributed by atoms with van der Waals surface area (Å²) in [6, 6.07) is 0.294. The van der Waals surface area contributed by atoms with E-state index in [0.717, 1.165) is 31.9 Å². The molecule has 0 spiro atoms. The summed E-state index contributed by atoms with van der Waals surface area (Å²) in [4.78, 5) is 21.2. The molecule has 2 fully saturated rings. The highest BCUT2D eigenvalue weighted by molar-refractivity contribution is 6.24. The number of nitrogens with zero attached hydrogens (tertiary/aromatic N) is 4. The van der Waals surface area contributed by atoms with Gasteiger partial charge in [-0.05, 0) is 31.6 Å². The topological polar surface area (TPSA) is 66.6 Å². The Morgan fingerprint density at radius 1 is 1.24 bits per heavy atom. The first-order valence-corrected chi connectivity index (χ1v) is 7.86. The van der Waals surface area contributed by atoms with Crippen LogP contribution < -0.4 is 0 Å². The SMILES string of the molecule is C[C@@H](C1=NC(=O)[C@H]2C=NN(C3CCOCC3)C2=N1)C1CC1. The summed E-state index contributed by atoms with van der Waals surface area (Å²) in [5.41, 5.74) is 0. The van der Waals surface area contributed by atoms with Gasteiger partial charge in [-0.25, -0.2) is 10.0 Å². The Balaban J connectivity index is 1.60. The van der Waals surface area contributed by atoms with Gasteiger partial charge >= 0.3 is 0 Å². The molecule has 3 aliphatic heterocycles. The average Bonchev–Trinajstić information content (AvgIpc) is 3.27. The molecule has 4 aliphatic rings. The Morgan fingerprint density at radius 3 is 2.71 bits per heavy atom. The van der Waals surface area contributed by atoms with Gasteiger partial charge in [0.1, 0.15) is 17.6 Å². The van der Waals surface area contributed by atoms with E-state index in [1.165, 1.54) is 12.8 Å². The van der Waals surface area contributed by atoms with E-state index in [0.29, 0.717) is 17.8 Å². The summed E-state index contributed by atoms with van der Waals surface area (Å²) >= 11 is 0. The van der Waals surface area contributed by atoms with Gasteiger partial charge in [0.2, 0.25) is 0 Å². The second-order valence-electron chi connectivity index (χ2n) is 6.33. The Hall–Kier alpha value is -1.56. The molecule has 1 aliphatic carbocycles. The third-order valence-corrected chi connectivity index (χ3v) is 4.85. The van der Waals surface area contributed by atoms with Crippen molar-refractivity contribution in [1.29, 1.82) is 0 Å². The van der Waals surface area contributed by atoms with Gasteiger partial charge in [-0.15, -0.1) is 0 Å². The Kier molecular flexibility index (Phi) is 3.14. The van der Waals surface area contributed by atoms with Crippen LogP contribution in [0.25, 0.3) is 0 Å². The predicted molar refractivity (Wildman–Crippen MR) is 79.4 cm³/mol. The largest absolute Gasteiger partial charge is 0.381 e. The highest BCUT2D eigenvalue weighted by Gasteiger charge is 2.41. The van der Waals surface area contributed by atoms with Gasteiger partial charge in [0, 0.05) is 25.3 Å². The molecule has 0 bridgehead atoms. The van der Waals surface area contributed by atoms with Gasteiger partial charge in [0.15, 0.2) is 0 Å². The fourth-order valence-corrected chi connectivity index (χ4v) is 3.25. The van der Waals surface area contributed by atoms with Crippen molar-refractivity contribution in [3.8, 4) is 0 Å². The number of hydrogen-bond acceptors (Lipinski definition) is 5. The number of amidine groups is 2. The van der Waals surface area contributed by atoms with E-state index >= 15 is 0 Å². The van der Waals surface area contributed by atoms with E-state index in [4.69, 9.17) is 9.73 Å². The van der Waals surface area contributed by atoms with Crippen molar-refractivity contribution in [2.45, 2.75) is 38.6 Å². The zero-order chi connectivity index (χ0) is 14.4. The summed E-state index contributed by atoms with van der Waals surface area (Å²) < 4.78 is 5.41. The van der Waals surface area contributed by atoms with Crippen molar-refractivity contribution in [2.75, 3.05) is 13.2 Å². The standard InChI is InChI=1S/C15H20N4O2/c1-9(10-2-3-10)13-17-14-12(15(20)18-13)8-16-19(14)11-4-6-21-7-5-11/h8-12H,2-7H2,1H3/t9-,12+/m1/s1. The van der Waals surface area contributed by atoms with Crippen LogP contribution in [0.3, 0.4) is 0 Å². The lowest BCUT2D eigenvalue weighted by Crippen LogP contribution is -2.43. The number of rotatable bonds is 3. The molecule has 6 heteroatoms. The van der Waals surface area contributed by atoms with E-state index in [9.17, 15) is 4.79 Å². The van der Waals surface area contributed by atoms with Gasteiger partial charge in [0.25, 0.3) is 5.91 Å². The number of carbonyl (C=O) groups is 1. The van der Waals surface area contributed by atoms with Gasteiger partial charge in [0.05, 0.1) is 6.04 Å². The zero-order valence-electron chi connectivity index (χ0n) is 12.2. The molecule has 1 saturated heterocycles. The molecular weight excluding hydrogens is 268 g/mol. The molecule has 112 valence electrons. The second kappa shape index (κ2) is 5.02. The van der Waals surface area contributed by atoms with Crippen LogP contribution in [0.15, 0.2) is 15.1 Å². The molecule has 1 amide bonds. The van der Waals surface area contributed by atoms with E-state index < -0.39 is 0 Å². The van der Waals surface area contributed by atoms with E-state index in [1.807, 2.05) is 5.01 Å². The third-order valence-electron chi connectivity index (χ3n) is 4.85. The monoisotopic (exact) mass is 288 g/mol. The molecule has 0 radical (unpaired) electrons. The summed E-state index contributed by atoms with van der Waals surface area (Å²) in [7, 11) is 0. The average molecular weight is 288 g/mol. The number of aliphatic imine (C=N–C) groups is 2. The highest BCUT2D eigenvalue weighted by Crippen LogP contribution is 2.38.